The number of benzene rings is 1. The van der Waals surface area contributed by atoms with Crippen LogP contribution in [0, 0.1) is 0 Å². The summed E-state index contributed by atoms with van der Waals surface area (Å²) in [5.74, 6) is 0.689. The lowest BCUT2D eigenvalue weighted by atomic mass is 10.1. The molecule has 0 saturated heterocycles. The molecule has 0 aliphatic heterocycles. The standard InChI is InChI=1S/C15H24N2O3/c1-3-4-5-9-17-10-12-7-6-8-13(19-2)15(12)20-11-14(16)18/h6-8,17H,3-5,9-11H2,1-2H3,(H2,16,18). The molecule has 0 aromatic heterocycles. The predicted molar refractivity (Wildman–Crippen MR) is 78.9 cm³/mol. The molecule has 1 aromatic rings. The van der Waals surface area contributed by atoms with Crippen molar-refractivity contribution in [2.24, 2.45) is 5.73 Å². The summed E-state index contributed by atoms with van der Waals surface area (Å²) in [7, 11) is 1.57. The van der Waals surface area contributed by atoms with Crippen LogP contribution in [0.1, 0.15) is 31.7 Å². The number of ether oxygens (including phenoxy) is 2. The lowest BCUT2D eigenvalue weighted by molar-refractivity contribution is -0.119. The third kappa shape index (κ3) is 5.48. The molecule has 3 N–H and O–H groups in total. The number of carbonyl (C=O) groups is 1. The number of unbranched alkanes of at least 4 members (excludes halogenated alkanes) is 2. The highest BCUT2D eigenvalue weighted by molar-refractivity contribution is 5.75. The number of nitrogens with one attached hydrogen (secondary N) is 1. The molecule has 0 aliphatic rings. The molecule has 0 fully saturated rings. The maximum atomic E-state index is 10.9. The minimum atomic E-state index is -0.502. The van der Waals surface area contributed by atoms with Gasteiger partial charge in [0.05, 0.1) is 7.11 Å². The van der Waals surface area contributed by atoms with Gasteiger partial charge in [0, 0.05) is 12.1 Å². The van der Waals surface area contributed by atoms with Crippen molar-refractivity contribution in [1.29, 1.82) is 0 Å². The first-order chi connectivity index (χ1) is 9.69. The molecule has 0 atom stereocenters. The SMILES string of the molecule is CCCCCNCc1cccc(OC)c1OCC(N)=O. The first-order valence-corrected chi connectivity index (χ1v) is 6.96. The van der Waals surface area contributed by atoms with Gasteiger partial charge in [-0.3, -0.25) is 4.79 Å². The second-order valence-corrected chi connectivity index (χ2v) is 4.59. The Morgan fingerprint density at radius 2 is 2.15 bits per heavy atom. The van der Waals surface area contributed by atoms with Crippen molar-refractivity contribution in [3.63, 3.8) is 0 Å². The van der Waals surface area contributed by atoms with E-state index in [1.165, 1.54) is 12.8 Å². The minimum absolute atomic E-state index is 0.150. The van der Waals surface area contributed by atoms with Crippen molar-refractivity contribution in [2.75, 3.05) is 20.3 Å². The zero-order valence-electron chi connectivity index (χ0n) is 12.3. The molecule has 5 heteroatoms. The van der Waals surface area contributed by atoms with Gasteiger partial charge in [-0.05, 0) is 19.0 Å². The molecule has 0 bridgehead atoms. The summed E-state index contributed by atoms with van der Waals surface area (Å²) in [5, 5.41) is 3.36. The lowest BCUT2D eigenvalue weighted by Gasteiger charge is -2.14. The summed E-state index contributed by atoms with van der Waals surface area (Å²) in [6, 6.07) is 5.65. The highest BCUT2D eigenvalue weighted by Crippen LogP contribution is 2.30. The van der Waals surface area contributed by atoms with E-state index in [1.54, 1.807) is 13.2 Å². The van der Waals surface area contributed by atoms with Gasteiger partial charge in [-0.2, -0.15) is 0 Å². The van der Waals surface area contributed by atoms with Crippen LogP contribution in [-0.4, -0.2) is 26.2 Å². The van der Waals surface area contributed by atoms with E-state index in [4.69, 9.17) is 15.2 Å². The Morgan fingerprint density at radius 1 is 1.35 bits per heavy atom. The van der Waals surface area contributed by atoms with Gasteiger partial charge in [0.1, 0.15) is 0 Å². The first-order valence-electron chi connectivity index (χ1n) is 6.96. The van der Waals surface area contributed by atoms with E-state index in [2.05, 4.69) is 12.2 Å². The maximum absolute atomic E-state index is 10.9. The molecule has 0 heterocycles. The Morgan fingerprint density at radius 3 is 2.80 bits per heavy atom. The van der Waals surface area contributed by atoms with E-state index < -0.39 is 5.91 Å². The average Bonchev–Trinajstić information content (AvgIpc) is 2.45. The van der Waals surface area contributed by atoms with Crippen LogP contribution in [0.15, 0.2) is 18.2 Å². The number of hydrogen-bond donors (Lipinski definition) is 2. The monoisotopic (exact) mass is 280 g/mol. The van der Waals surface area contributed by atoms with Crippen molar-refractivity contribution in [3.8, 4) is 11.5 Å². The highest BCUT2D eigenvalue weighted by Gasteiger charge is 2.11. The first kappa shape index (κ1) is 16.3. The van der Waals surface area contributed by atoms with Gasteiger partial charge in [0.25, 0.3) is 5.91 Å². The van der Waals surface area contributed by atoms with Crippen LogP contribution in [-0.2, 0) is 11.3 Å². The number of hydrogen-bond acceptors (Lipinski definition) is 4. The third-order valence-electron chi connectivity index (χ3n) is 2.91. The third-order valence-corrected chi connectivity index (χ3v) is 2.91. The summed E-state index contributed by atoms with van der Waals surface area (Å²) < 4.78 is 10.7. The summed E-state index contributed by atoms with van der Waals surface area (Å²) >= 11 is 0. The van der Waals surface area contributed by atoms with Crippen LogP contribution in [0.25, 0.3) is 0 Å². The Labute approximate surface area is 120 Å². The molecule has 1 amide bonds. The molecule has 0 radical (unpaired) electrons. The van der Waals surface area contributed by atoms with Crippen LogP contribution in [0.5, 0.6) is 11.5 Å². The summed E-state index contributed by atoms with van der Waals surface area (Å²) in [4.78, 5) is 10.9. The maximum Gasteiger partial charge on any atom is 0.255 e. The summed E-state index contributed by atoms with van der Waals surface area (Å²) in [6.45, 7) is 3.66. The summed E-state index contributed by atoms with van der Waals surface area (Å²) in [6.07, 6.45) is 3.57. The molecule has 0 spiro atoms. The normalized spacial score (nSPS) is 10.3. The average molecular weight is 280 g/mol. The van der Waals surface area contributed by atoms with Crippen molar-refractivity contribution in [2.45, 2.75) is 32.7 Å². The van der Waals surface area contributed by atoms with Crippen molar-refractivity contribution < 1.29 is 14.3 Å². The van der Waals surface area contributed by atoms with Crippen LogP contribution in [0.2, 0.25) is 0 Å². The topological polar surface area (TPSA) is 73.6 Å². The highest BCUT2D eigenvalue weighted by atomic mass is 16.5. The van der Waals surface area contributed by atoms with Crippen LogP contribution in [0.4, 0.5) is 0 Å². The van der Waals surface area contributed by atoms with Gasteiger partial charge in [-0.15, -0.1) is 0 Å². The minimum Gasteiger partial charge on any atom is -0.493 e. The quantitative estimate of drug-likeness (QED) is 0.641. The Bertz CT molecular complexity index is 422. The fraction of sp³-hybridized carbons (Fsp3) is 0.533. The van der Waals surface area contributed by atoms with E-state index in [-0.39, 0.29) is 6.61 Å². The van der Waals surface area contributed by atoms with Gasteiger partial charge >= 0.3 is 0 Å². The van der Waals surface area contributed by atoms with Crippen molar-refractivity contribution in [3.05, 3.63) is 23.8 Å². The zero-order valence-corrected chi connectivity index (χ0v) is 12.3. The molecule has 20 heavy (non-hydrogen) atoms. The van der Waals surface area contributed by atoms with E-state index in [9.17, 15) is 4.79 Å². The fourth-order valence-electron chi connectivity index (χ4n) is 1.89. The Balaban J connectivity index is 2.65. The van der Waals surface area contributed by atoms with Crippen molar-refractivity contribution >= 4 is 5.91 Å². The number of para-hydroxylation sites is 1. The molecule has 112 valence electrons. The number of carbonyl (C=O) groups excluding carboxylic acids is 1. The van der Waals surface area contributed by atoms with Gasteiger partial charge in [0.15, 0.2) is 18.1 Å². The van der Waals surface area contributed by atoms with Crippen molar-refractivity contribution in [1.82, 2.24) is 5.32 Å². The zero-order chi connectivity index (χ0) is 14.8. The van der Waals surface area contributed by atoms with Crippen LogP contribution in [0.3, 0.4) is 0 Å². The van der Waals surface area contributed by atoms with Crippen LogP contribution >= 0.6 is 0 Å². The molecule has 0 unspecified atom stereocenters. The molecule has 0 saturated carbocycles. The van der Waals surface area contributed by atoms with Gasteiger partial charge < -0.3 is 20.5 Å². The molecule has 1 rings (SSSR count). The van der Waals surface area contributed by atoms with E-state index in [1.807, 2.05) is 12.1 Å². The van der Waals surface area contributed by atoms with Gasteiger partial charge in [-0.25, -0.2) is 0 Å². The molecular weight excluding hydrogens is 256 g/mol. The largest absolute Gasteiger partial charge is 0.493 e. The van der Waals surface area contributed by atoms with E-state index in [0.717, 1.165) is 18.5 Å². The fourth-order valence-corrected chi connectivity index (χ4v) is 1.89. The van der Waals surface area contributed by atoms with Gasteiger partial charge in [-0.1, -0.05) is 31.9 Å². The number of amides is 1. The van der Waals surface area contributed by atoms with Crippen LogP contribution < -0.4 is 20.5 Å². The van der Waals surface area contributed by atoms with E-state index >= 15 is 0 Å². The number of primary amides is 1. The number of rotatable bonds is 10. The Hall–Kier alpha value is -1.75. The van der Waals surface area contributed by atoms with Gasteiger partial charge in [0.2, 0.25) is 0 Å². The second kappa shape index (κ2) is 9.20. The smallest absolute Gasteiger partial charge is 0.255 e. The molecular formula is C15H24N2O3. The molecule has 1 aromatic carbocycles. The Kier molecular flexibility index (Phi) is 7.50. The number of methoxy groups -OCH3 is 1. The molecule has 0 aliphatic carbocycles. The predicted octanol–water partition coefficient (Wildman–Crippen LogP) is 1.84. The number of nitrogens with two attached hydrogens (primary N) is 1. The lowest BCUT2D eigenvalue weighted by Crippen LogP contribution is -2.21. The second-order valence-electron chi connectivity index (χ2n) is 4.59. The molecule has 5 nitrogen and oxygen atoms in total. The van der Waals surface area contributed by atoms with E-state index in [0.29, 0.717) is 18.0 Å². The summed E-state index contributed by atoms with van der Waals surface area (Å²) in [5.41, 5.74) is 6.08.